The lowest BCUT2D eigenvalue weighted by molar-refractivity contribution is -0.111. The van der Waals surface area contributed by atoms with Gasteiger partial charge in [-0.15, -0.1) is 0 Å². The van der Waals surface area contributed by atoms with E-state index in [1.807, 2.05) is 79.7 Å². The number of amides is 2. The summed E-state index contributed by atoms with van der Waals surface area (Å²) in [4.78, 5) is 29.3. The molecule has 4 rings (SSSR count). The van der Waals surface area contributed by atoms with Crippen molar-refractivity contribution in [2.45, 2.75) is 6.54 Å². The molecule has 148 valence electrons. The molecule has 0 radical (unpaired) electrons. The highest BCUT2D eigenvalue weighted by atomic mass is 16.2. The highest BCUT2D eigenvalue weighted by Gasteiger charge is 2.28. The zero-order valence-corrected chi connectivity index (χ0v) is 16.6. The summed E-state index contributed by atoms with van der Waals surface area (Å²) in [5, 5.41) is 3.97. The topological polar surface area (TPSA) is 57.6 Å². The second-order valence-electron chi connectivity index (χ2n) is 7.37. The van der Waals surface area contributed by atoms with Crippen molar-refractivity contribution in [1.29, 1.82) is 0 Å². The van der Waals surface area contributed by atoms with Crippen molar-refractivity contribution >= 4 is 34.1 Å². The fourth-order valence-corrected chi connectivity index (χ4v) is 3.66. The molecule has 1 aromatic heterocycles. The molecule has 1 N–H and O–H groups in total. The molecule has 2 amide bonds. The van der Waals surface area contributed by atoms with Gasteiger partial charge < -0.3 is 19.7 Å². The molecule has 0 unspecified atom stereocenters. The van der Waals surface area contributed by atoms with Gasteiger partial charge in [-0.1, -0.05) is 36.4 Å². The number of anilines is 2. The summed E-state index contributed by atoms with van der Waals surface area (Å²) in [6.45, 7) is 1.94. The van der Waals surface area contributed by atoms with Gasteiger partial charge in [0, 0.05) is 36.6 Å². The van der Waals surface area contributed by atoms with Crippen molar-refractivity contribution in [1.82, 2.24) is 9.47 Å². The van der Waals surface area contributed by atoms with Gasteiger partial charge in [0.05, 0.1) is 11.4 Å². The molecule has 0 fully saturated rings. The summed E-state index contributed by atoms with van der Waals surface area (Å²) in [7, 11) is 3.89. The number of benzene rings is 2. The summed E-state index contributed by atoms with van der Waals surface area (Å²) in [6.07, 6.45) is 3.33. The SMILES string of the molecule is CN(C)C/C=C/C(=O)Nc1ccccc1N1CCn2c(cc3ccccc32)C1=O. The average molecular weight is 388 g/mol. The third-order valence-electron chi connectivity index (χ3n) is 5.01. The van der Waals surface area contributed by atoms with Gasteiger partial charge in [-0.2, -0.15) is 0 Å². The molecule has 0 spiro atoms. The Labute approximate surface area is 170 Å². The molecular weight excluding hydrogens is 364 g/mol. The van der Waals surface area contributed by atoms with E-state index in [0.717, 1.165) is 10.9 Å². The standard InChI is InChI=1S/C23H24N4O2/c1-25(2)13-7-12-22(28)24-18-9-4-6-11-20(18)27-15-14-26-19-10-5-3-8-17(19)16-21(26)23(27)29/h3-12,16H,13-15H2,1-2H3,(H,24,28)/b12-7+. The van der Waals surface area contributed by atoms with Crippen LogP contribution in [-0.2, 0) is 11.3 Å². The van der Waals surface area contributed by atoms with Crippen molar-refractivity contribution in [3.05, 3.63) is 72.4 Å². The quantitative estimate of drug-likeness (QED) is 0.682. The largest absolute Gasteiger partial charge is 0.335 e. The summed E-state index contributed by atoms with van der Waals surface area (Å²) in [5.74, 6) is -0.268. The highest BCUT2D eigenvalue weighted by Crippen LogP contribution is 2.31. The number of para-hydroxylation sites is 3. The molecular formula is C23H24N4O2. The monoisotopic (exact) mass is 388 g/mol. The third-order valence-corrected chi connectivity index (χ3v) is 5.01. The number of hydrogen-bond donors (Lipinski definition) is 1. The first-order chi connectivity index (χ1) is 14.0. The predicted octanol–water partition coefficient (Wildman–Crippen LogP) is 3.36. The van der Waals surface area contributed by atoms with Crippen LogP contribution >= 0.6 is 0 Å². The molecule has 6 nitrogen and oxygen atoms in total. The van der Waals surface area contributed by atoms with E-state index in [9.17, 15) is 9.59 Å². The fourth-order valence-electron chi connectivity index (χ4n) is 3.66. The normalized spacial score (nSPS) is 14.0. The van der Waals surface area contributed by atoms with E-state index in [4.69, 9.17) is 0 Å². The lowest BCUT2D eigenvalue weighted by Crippen LogP contribution is -2.40. The number of carbonyl (C=O) groups excluding carboxylic acids is 2. The lowest BCUT2D eigenvalue weighted by atomic mass is 10.2. The van der Waals surface area contributed by atoms with Crippen LogP contribution in [0.2, 0.25) is 0 Å². The molecule has 0 bridgehead atoms. The summed E-state index contributed by atoms with van der Waals surface area (Å²) in [5.41, 5.74) is 3.08. The van der Waals surface area contributed by atoms with Crippen LogP contribution in [0.1, 0.15) is 10.5 Å². The molecule has 1 aliphatic rings. The first-order valence-electron chi connectivity index (χ1n) is 9.66. The summed E-state index contributed by atoms with van der Waals surface area (Å²) >= 11 is 0. The minimum Gasteiger partial charge on any atom is -0.335 e. The van der Waals surface area contributed by atoms with Crippen LogP contribution < -0.4 is 10.2 Å². The van der Waals surface area contributed by atoms with Crippen LogP contribution in [0.25, 0.3) is 10.9 Å². The summed E-state index contributed by atoms with van der Waals surface area (Å²) in [6, 6.07) is 17.4. The van der Waals surface area contributed by atoms with Gasteiger partial charge in [0.15, 0.2) is 0 Å². The maximum absolute atomic E-state index is 13.2. The smallest absolute Gasteiger partial charge is 0.275 e. The van der Waals surface area contributed by atoms with Crippen molar-refractivity contribution < 1.29 is 9.59 Å². The van der Waals surface area contributed by atoms with E-state index in [1.165, 1.54) is 6.08 Å². The van der Waals surface area contributed by atoms with Crippen LogP contribution in [0, 0.1) is 0 Å². The molecule has 1 aliphatic heterocycles. The van der Waals surface area contributed by atoms with Crippen LogP contribution in [-0.4, -0.2) is 48.5 Å². The van der Waals surface area contributed by atoms with Gasteiger partial charge in [-0.3, -0.25) is 9.59 Å². The van der Waals surface area contributed by atoms with E-state index >= 15 is 0 Å². The van der Waals surface area contributed by atoms with Crippen LogP contribution in [0.15, 0.2) is 66.7 Å². The van der Waals surface area contributed by atoms with E-state index in [0.29, 0.717) is 36.7 Å². The number of hydrogen-bond acceptors (Lipinski definition) is 3. The number of rotatable bonds is 5. The second kappa shape index (κ2) is 7.93. The first-order valence-corrected chi connectivity index (χ1v) is 9.66. The Kier molecular flexibility index (Phi) is 5.18. The molecule has 0 aliphatic carbocycles. The fraction of sp³-hybridized carbons (Fsp3) is 0.217. The van der Waals surface area contributed by atoms with Gasteiger partial charge in [-0.05, 0) is 38.4 Å². The van der Waals surface area contributed by atoms with Gasteiger partial charge in [-0.25, -0.2) is 0 Å². The van der Waals surface area contributed by atoms with Crippen molar-refractivity contribution in [2.75, 3.05) is 37.4 Å². The van der Waals surface area contributed by atoms with Crippen LogP contribution in [0.4, 0.5) is 11.4 Å². The van der Waals surface area contributed by atoms with Crippen molar-refractivity contribution in [3.8, 4) is 0 Å². The Balaban J connectivity index is 1.60. The minimum absolute atomic E-state index is 0.0581. The molecule has 2 heterocycles. The van der Waals surface area contributed by atoms with Crippen molar-refractivity contribution in [3.63, 3.8) is 0 Å². The van der Waals surface area contributed by atoms with E-state index < -0.39 is 0 Å². The summed E-state index contributed by atoms with van der Waals surface area (Å²) < 4.78 is 2.07. The maximum atomic E-state index is 13.2. The number of aromatic nitrogens is 1. The zero-order chi connectivity index (χ0) is 20.4. The molecule has 2 aromatic carbocycles. The number of likely N-dealkylation sites (N-methyl/N-ethyl adjacent to an activating group) is 1. The molecule has 6 heteroatoms. The number of fused-ring (bicyclic) bond motifs is 3. The van der Waals surface area contributed by atoms with Gasteiger partial charge in [0.25, 0.3) is 5.91 Å². The first kappa shape index (κ1) is 19.0. The van der Waals surface area contributed by atoms with E-state index in [-0.39, 0.29) is 11.8 Å². The molecule has 0 saturated heterocycles. The number of carbonyl (C=O) groups is 2. The zero-order valence-electron chi connectivity index (χ0n) is 16.6. The number of nitrogens with one attached hydrogen (secondary N) is 1. The predicted molar refractivity (Wildman–Crippen MR) is 116 cm³/mol. The number of nitrogens with zero attached hydrogens (tertiary/aromatic N) is 3. The van der Waals surface area contributed by atoms with E-state index in [2.05, 4.69) is 9.88 Å². The van der Waals surface area contributed by atoms with Crippen LogP contribution in [0.5, 0.6) is 0 Å². The minimum atomic E-state index is -0.210. The Hall–Kier alpha value is -3.38. The van der Waals surface area contributed by atoms with Crippen molar-refractivity contribution in [2.24, 2.45) is 0 Å². The van der Waals surface area contributed by atoms with Gasteiger partial charge >= 0.3 is 0 Å². The van der Waals surface area contributed by atoms with Gasteiger partial charge in [0.2, 0.25) is 5.91 Å². The Morgan fingerprint density at radius 2 is 1.86 bits per heavy atom. The van der Waals surface area contributed by atoms with Gasteiger partial charge in [0.1, 0.15) is 5.69 Å². The Morgan fingerprint density at radius 1 is 1.10 bits per heavy atom. The third kappa shape index (κ3) is 3.79. The molecule has 0 saturated carbocycles. The average Bonchev–Trinajstić information content (AvgIpc) is 3.08. The molecule has 0 atom stereocenters. The lowest BCUT2D eigenvalue weighted by Gasteiger charge is -2.30. The molecule has 3 aromatic rings. The second-order valence-corrected chi connectivity index (χ2v) is 7.37. The molecule has 29 heavy (non-hydrogen) atoms. The Morgan fingerprint density at radius 3 is 2.69 bits per heavy atom. The Bertz CT molecular complexity index is 1100. The van der Waals surface area contributed by atoms with Crippen LogP contribution in [0.3, 0.4) is 0 Å². The van der Waals surface area contributed by atoms with E-state index in [1.54, 1.807) is 4.90 Å². The maximum Gasteiger partial charge on any atom is 0.275 e. The highest BCUT2D eigenvalue weighted by molar-refractivity contribution is 6.11.